The van der Waals surface area contributed by atoms with E-state index in [4.69, 9.17) is 0 Å². The second kappa shape index (κ2) is 8.09. The lowest BCUT2D eigenvalue weighted by Crippen LogP contribution is -2.24. The van der Waals surface area contributed by atoms with Crippen molar-refractivity contribution in [3.63, 3.8) is 0 Å². The first kappa shape index (κ1) is 19.7. The zero-order valence-corrected chi connectivity index (χ0v) is 18.1. The first-order valence-electron chi connectivity index (χ1n) is 11.3. The van der Waals surface area contributed by atoms with Gasteiger partial charge in [-0.15, -0.1) is 0 Å². The van der Waals surface area contributed by atoms with Gasteiger partial charge in [0.1, 0.15) is 0 Å². The molecule has 0 radical (unpaired) electrons. The van der Waals surface area contributed by atoms with Crippen molar-refractivity contribution >= 4 is 16.8 Å². The van der Waals surface area contributed by atoms with E-state index >= 15 is 0 Å². The van der Waals surface area contributed by atoms with E-state index in [9.17, 15) is 0 Å². The van der Waals surface area contributed by atoms with Crippen molar-refractivity contribution in [2.45, 2.75) is 37.5 Å². The summed E-state index contributed by atoms with van der Waals surface area (Å²) in [4.78, 5) is 0. The maximum Gasteiger partial charge on any atom is 0.0366 e. The summed E-state index contributed by atoms with van der Waals surface area (Å²) in [6.07, 6.45) is 14.4. The Morgan fingerprint density at radius 1 is 1.06 bits per heavy atom. The third-order valence-corrected chi connectivity index (χ3v) is 7.04. The maximum absolute atomic E-state index is 3.70. The molecule has 0 saturated heterocycles. The van der Waals surface area contributed by atoms with Gasteiger partial charge in [0.25, 0.3) is 0 Å². The summed E-state index contributed by atoms with van der Waals surface area (Å²) < 4.78 is 0. The van der Waals surface area contributed by atoms with E-state index in [-0.39, 0.29) is 5.41 Å². The van der Waals surface area contributed by atoms with Crippen LogP contribution in [-0.4, -0.2) is 0 Å². The molecule has 0 nitrogen and oxygen atoms in total. The van der Waals surface area contributed by atoms with E-state index in [2.05, 4.69) is 110 Å². The van der Waals surface area contributed by atoms with E-state index in [0.717, 1.165) is 12.3 Å². The van der Waals surface area contributed by atoms with Crippen LogP contribution in [0.5, 0.6) is 0 Å². The molecule has 0 N–H and O–H groups in total. The standard InChI is InChI=1S/C31H28/c1-3-4-5-6-12-19-31(2,26-14-8-7-9-15-26)30-27-16-11-10-13-24(27)22-29-25-20-23(21-25)17-18-28(29)30/h3,7-19,22-23,25H,1,6,20-21H2,2H3. The number of benzene rings is 3. The molecule has 0 aromatic heterocycles. The molecule has 3 aliphatic carbocycles. The van der Waals surface area contributed by atoms with Crippen molar-refractivity contribution in [3.05, 3.63) is 114 Å². The summed E-state index contributed by atoms with van der Waals surface area (Å²) >= 11 is 0. The highest BCUT2D eigenvalue weighted by atomic mass is 14.4. The molecule has 3 aromatic carbocycles. The molecular formula is C31H28. The van der Waals surface area contributed by atoms with Crippen LogP contribution in [-0.2, 0) is 5.41 Å². The van der Waals surface area contributed by atoms with Crippen LogP contribution in [0, 0.1) is 17.8 Å². The van der Waals surface area contributed by atoms with Gasteiger partial charge in [-0.25, -0.2) is 0 Å². The Morgan fingerprint density at radius 3 is 2.65 bits per heavy atom. The molecule has 1 fully saturated rings. The van der Waals surface area contributed by atoms with E-state index < -0.39 is 0 Å². The number of hydrogen-bond donors (Lipinski definition) is 0. The van der Waals surface area contributed by atoms with E-state index in [0.29, 0.717) is 5.92 Å². The Balaban J connectivity index is 1.79. The zero-order chi connectivity index (χ0) is 21.3. The highest BCUT2D eigenvalue weighted by molar-refractivity contribution is 5.92. The highest BCUT2D eigenvalue weighted by Crippen LogP contribution is 2.51. The van der Waals surface area contributed by atoms with Gasteiger partial charge in [0.05, 0.1) is 0 Å². The minimum absolute atomic E-state index is 0.249. The van der Waals surface area contributed by atoms with Gasteiger partial charge in [-0.1, -0.05) is 103 Å². The van der Waals surface area contributed by atoms with E-state index in [1.54, 1.807) is 6.08 Å². The summed E-state index contributed by atoms with van der Waals surface area (Å²) in [6.45, 7) is 6.07. The molecule has 31 heavy (non-hydrogen) atoms. The molecule has 0 amide bonds. The molecule has 0 aliphatic heterocycles. The molecule has 0 heterocycles. The van der Waals surface area contributed by atoms with Gasteiger partial charge in [0, 0.05) is 11.8 Å². The summed E-state index contributed by atoms with van der Waals surface area (Å²) in [5, 5.41) is 2.69. The first-order valence-corrected chi connectivity index (χ1v) is 11.3. The third-order valence-electron chi connectivity index (χ3n) is 7.04. The predicted molar refractivity (Wildman–Crippen MR) is 133 cm³/mol. The van der Waals surface area contributed by atoms with Crippen LogP contribution in [0.3, 0.4) is 0 Å². The fourth-order valence-electron chi connectivity index (χ4n) is 5.36. The van der Waals surface area contributed by atoms with Crippen molar-refractivity contribution < 1.29 is 0 Å². The predicted octanol–water partition coefficient (Wildman–Crippen LogP) is 7.80. The second-order valence-corrected chi connectivity index (χ2v) is 8.96. The lowest BCUT2D eigenvalue weighted by molar-refractivity contribution is 0.327. The topological polar surface area (TPSA) is 0 Å². The van der Waals surface area contributed by atoms with Crippen LogP contribution in [0.2, 0.25) is 0 Å². The largest absolute Gasteiger partial charge is 0.0944 e. The van der Waals surface area contributed by atoms with Crippen molar-refractivity contribution in [2.75, 3.05) is 0 Å². The van der Waals surface area contributed by atoms with Crippen LogP contribution in [0.1, 0.15) is 54.4 Å². The smallest absolute Gasteiger partial charge is 0.0366 e. The molecule has 1 atom stereocenters. The van der Waals surface area contributed by atoms with Gasteiger partial charge < -0.3 is 0 Å². The molecule has 2 bridgehead atoms. The van der Waals surface area contributed by atoms with Gasteiger partial charge in [0.15, 0.2) is 0 Å². The molecule has 0 spiro atoms. The van der Waals surface area contributed by atoms with E-state index in [1.165, 1.54) is 45.9 Å². The average molecular weight is 401 g/mol. The fourth-order valence-corrected chi connectivity index (χ4v) is 5.36. The number of hydrogen-bond acceptors (Lipinski definition) is 0. The molecule has 152 valence electrons. The van der Waals surface area contributed by atoms with E-state index in [1.807, 2.05) is 0 Å². The minimum atomic E-state index is -0.249. The van der Waals surface area contributed by atoms with Crippen LogP contribution < -0.4 is 0 Å². The van der Waals surface area contributed by atoms with Gasteiger partial charge in [-0.2, -0.15) is 0 Å². The molecule has 3 aromatic rings. The zero-order valence-electron chi connectivity index (χ0n) is 18.1. The van der Waals surface area contributed by atoms with Crippen LogP contribution >= 0.6 is 0 Å². The van der Waals surface area contributed by atoms with Crippen molar-refractivity contribution in [1.82, 2.24) is 0 Å². The lowest BCUT2D eigenvalue weighted by atomic mass is 9.68. The number of fused-ring (bicyclic) bond motifs is 1. The molecule has 1 unspecified atom stereocenters. The first-order chi connectivity index (χ1) is 15.2. The Labute approximate surface area is 186 Å². The van der Waals surface area contributed by atoms with Crippen molar-refractivity contribution in [1.29, 1.82) is 0 Å². The van der Waals surface area contributed by atoms with Gasteiger partial charge in [-0.3, -0.25) is 0 Å². The Hall–Kier alpha value is -3.30. The fraction of sp³-hybridized carbons (Fsp3) is 0.226. The Morgan fingerprint density at radius 2 is 1.84 bits per heavy atom. The Bertz CT molecular complexity index is 1240. The average Bonchev–Trinajstić information content (AvgIpc) is 3.06. The molecular weight excluding hydrogens is 372 g/mol. The minimum Gasteiger partial charge on any atom is -0.0944 e. The summed E-state index contributed by atoms with van der Waals surface area (Å²) in [5.41, 5.74) is 5.44. The van der Waals surface area contributed by atoms with Crippen molar-refractivity contribution in [2.24, 2.45) is 5.92 Å². The third kappa shape index (κ3) is 3.45. The maximum atomic E-state index is 3.70. The SMILES string of the molecule is C=CC#CCC=CC(C)(c1ccccc1)c1c2c(cc3ccccc13)C1CC(C=C2)C1. The van der Waals surface area contributed by atoms with Crippen LogP contribution in [0.15, 0.2) is 91.5 Å². The summed E-state index contributed by atoms with van der Waals surface area (Å²) in [7, 11) is 0. The molecule has 6 rings (SSSR count). The van der Waals surface area contributed by atoms with Crippen molar-refractivity contribution in [3.8, 4) is 11.8 Å². The van der Waals surface area contributed by atoms with Gasteiger partial charge in [0.2, 0.25) is 0 Å². The molecule has 1 saturated carbocycles. The second-order valence-electron chi connectivity index (χ2n) is 8.96. The molecule has 3 aliphatic rings. The van der Waals surface area contributed by atoms with Gasteiger partial charge >= 0.3 is 0 Å². The lowest BCUT2D eigenvalue weighted by Gasteiger charge is -2.35. The molecule has 0 heteroatoms. The number of allylic oxidation sites excluding steroid dienone is 4. The number of rotatable bonds is 4. The Kier molecular flexibility index (Phi) is 5.13. The summed E-state index contributed by atoms with van der Waals surface area (Å²) in [6, 6.07) is 22.3. The van der Waals surface area contributed by atoms with Crippen LogP contribution in [0.4, 0.5) is 0 Å². The van der Waals surface area contributed by atoms with Crippen LogP contribution in [0.25, 0.3) is 16.8 Å². The van der Waals surface area contributed by atoms with Gasteiger partial charge in [-0.05, 0) is 70.7 Å². The monoisotopic (exact) mass is 400 g/mol. The summed E-state index contributed by atoms with van der Waals surface area (Å²) in [5.74, 6) is 7.55. The highest BCUT2D eigenvalue weighted by Gasteiger charge is 2.37. The quantitative estimate of drug-likeness (QED) is 0.309. The normalized spacial score (nSPS) is 20.8.